The average molecular weight is 252 g/mol. The zero-order valence-electron chi connectivity index (χ0n) is 9.70. The Hall–Kier alpha value is -2.15. The Morgan fingerprint density at radius 2 is 2.22 bits per heavy atom. The van der Waals surface area contributed by atoms with E-state index in [1.165, 1.54) is 30.2 Å². The highest BCUT2D eigenvalue weighted by Gasteiger charge is 2.31. The summed E-state index contributed by atoms with van der Waals surface area (Å²) in [7, 11) is 1.35. The first-order chi connectivity index (χ1) is 8.52. The number of likely N-dealkylation sites (tertiary alicyclic amines) is 1. The lowest BCUT2D eigenvalue weighted by Gasteiger charge is -2.36. The Bertz CT molecular complexity index is 496. The topological polar surface area (TPSA) is 92.9 Å². The Balaban J connectivity index is 2.27. The van der Waals surface area contributed by atoms with E-state index < -0.39 is 11.0 Å². The summed E-state index contributed by atoms with van der Waals surface area (Å²) in [6, 6.07) is 3.83. The molecule has 2 rings (SSSR count). The van der Waals surface area contributed by atoms with Crippen LogP contribution in [-0.4, -0.2) is 47.1 Å². The number of non-ortho nitro benzene ring substituents is 1. The Morgan fingerprint density at radius 3 is 2.72 bits per heavy atom. The van der Waals surface area contributed by atoms with Gasteiger partial charge in [-0.25, -0.2) is 0 Å². The lowest BCUT2D eigenvalue weighted by Crippen LogP contribution is -2.53. The predicted octanol–water partition coefficient (Wildman–Crippen LogP) is 0.420. The molecular formula is C11H12N2O5. The van der Waals surface area contributed by atoms with E-state index in [9.17, 15) is 14.9 Å². The van der Waals surface area contributed by atoms with Gasteiger partial charge in [0, 0.05) is 19.2 Å². The maximum absolute atomic E-state index is 12.0. The molecule has 0 unspecified atom stereocenters. The van der Waals surface area contributed by atoms with Crippen LogP contribution in [-0.2, 0) is 0 Å². The van der Waals surface area contributed by atoms with Gasteiger partial charge in [-0.2, -0.15) is 0 Å². The summed E-state index contributed by atoms with van der Waals surface area (Å²) in [4.78, 5) is 23.5. The number of nitro groups is 1. The number of nitro benzene ring substituents is 1. The maximum Gasteiger partial charge on any atom is 0.273 e. The number of methoxy groups -OCH3 is 1. The number of hydrogen-bond donors (Lipinski definition) is 1. The van der Waals surface area contributed by atoms with Crippen LogP contribution in [0.15, 0.2) is 18.2 Å². The third-order valence-electron chi connectivity index (χ3n) is 2.78. The second-order valence-electron chi connectivity index (χ2n) is 4.01. The van der Waals surface area contributed by atoms with Gasteiger partial charge in [-0.3, -0.25) is 14.9 Å². The fraction of sp³-hybridized carbons (Fsp3) is 0.364. The number of aliphatic hydroxyl groups excluding tert-OH is 1. The molecule has 7 heteroatoms. The molecule has 0 saturated carbocycles. The first-order valence-electron chi connectivity index (χ1n) is 5.32. The summed E-state index contributed by atoms with van der Waals surface area (Å²) >= 11 is 0. The van der Waals surface area contributed by atoms with Gasteiger partial charge >= 0.3 is 0 Å². The number of nitrogens with zero attached hydrogens (tertiary/aromatic N) is 2. The monoisotopic (exact) mass is 252 g/mol. The zero-order chi connectivity index (χ0) is 13.3. The van der Waals surface area contributed by atoms with E-state index in [1.54, 1.807) is 0 Å². The molecule has 1 aromatic carbocycles. The molecular weight excluding hydrogens is 240 g/mol. The number of ether oxygens (including phenoxy) is 1. The summed E-state index contributed by atoms with van der Waals surface area (Å²) in [5.41, 5.74) is 0.127. The molecule has 0 aromatic heterocycles. The first kappa shape index (κ1) is 12.3. The number of hydrogen-bond acceptors (Lipinski definition) is 5. The standard InChI is InChI=1S/C11H12N2O5/c1-18-10-4-7(13(16)17)2-3-9(10)11(15)12-5-8(14)6-12/h2-4,8,14H,5-6H2,1H3. The van der Waals surface area contributed by atoms with E-state index in [1.807, 2.05) is 0 Å². The minimum absolute atomic E-state index is 0.132. The van der Waals surface area contributed by atoms with E-state index in [4.69, 9.17) is 9.84 Å². The van der Waals surface area contributed by atoms with Crippen molar-refractivity contribution < 1.29 is 19.6 Å². The zero-order valence-corrected chi connectivity index (χ0v) is 9.70. The van der Waals surface area contributed by atoms with Crippen LogP contribution in [0.25, 0.3) is 0 Å². The lowest BCUT2D eigenvalue weighted by molar-refractivity contribution is -0.384. The molecule has 0 aliphatic carbocycles. The van der Waals surface area contributed by atoms with Crippen molar-refractivity contribution in [1.82, 2.24) is 4.90 Å². The highest BCUT2D eigenvalue weighted by atomic mass is 16.6. The van der Waals surface area contributed by atoms with Crippen molar-refractivity contribution in [2.24, 2.45) is 0 Å². The molecule has 1 saturated heterocycles. The summed E-state index contributed by atoms with van der Waals surface area (Å²) in [5, 5.41) is 19.8. The van der Waals surface area contributed by atoms with Crippen molar-refractivity contribution in [2.75, 3.05) is 20.2 Å². The van der Waals surface area contributed by atoms with Crippen LogP contribution in [0.1, 0.15) is 10.4 Å². The first-order valence-corrected chi connectivity index (χ1v) is 5.32. The van der Waals surface area contributed by atoms with Crippen molar-refractivity contribution in [3.63, 3.8) is 0 Å². The van der Waals surface area contributed by atoms with E-state index in [0.717, 1.165) is 0 Å². The molecule has 1 aliphatic rings. The van der Waals surface area contributed by atoms with E-state index in [2.05, 4.69) is 0 Å². The normalized spacial score (nSPS) is 15.1. The molecule has 1 fully saturated rings. The number of benzene rings is 1. The molecule has 0 bridgehead atoms. The summed E-state index contributed by atoms with van der Waals surface area (Å²) in [6.45, 7) is 0.554. The van der Waals surface area contributed by atoms with Crippen molar-refractivity contribution in [1.29, 1.82) is 0 Å². The second kappa shape index (κ2) is 4.61. The van der Waals surface area contributed by atoms with Crippen LogP contribution in [0, 0.1) is 10.1 Å². The molecule has 0 radical (unpaired) electrons. The average Bonchev–Trinajstić information content (AvgIpc) is 2.33. The molecule has 96 valence electrons. The molecule has 0 spiro atoms. The highest BCUT2D eigenvalue weighted by Crippen LogP contribution is 2.26. The molecule has 18 heavy (non-hydrogen) atoms. The third-order valence-corrected chi connectivity index (χ3v) is 2.78. The number of amides is 1. The fourth-order valence-corrected chi connectivity index (χ4v) is 1.76. The van der Waals surface area contributed by atoms with Gasteiger partial charge in [0.2, 0.25) is 0 Å². The van der Waals surface area contributed by atoms with Crippen LogP contribution < -0.4 is 4.74 Å². The van der Waals surface area contributed by atoms with Gasteiger partial charge in [0.25, 0.3) is 11.6 Å². The molecule has 7 nitrogen and oxygen atoms in total. The molecule has 1 aromatic rings. The number of aliphatic hydroxyl groups is 1. The van der Waals surface area contributed by atoms with Gasteiger partial charge in [-0.1, -0.05) is 0 Å². The van der Waals surface area contributed by atoms with Gasteiger partial charge < -0.3 is 14.7 Å². The minimum Gasteiger partial charge on any atom is -0.496 e. The summed E-state index contributed by atoms with van der Waals surface area (Å²) in [6.07, 6.45) is -0.488. The van der Waals surface area contributed by atoms with Crippen molar-refractivity contribution in [3.05, 3.63) is 33.9 Å². The fourth-order valence-electron chi connectivity index (χ4n) is 1.76. The van der Waals surface area contributed by atoms with E-state index in [0.29, 0.717) is 0 Å². The largest absolute Gasteiger partial charge is 0.496 e. The van der Waals surface area contributed by atoms with E-state index >= 15 is 0 Å². The number of carbonyl (C=O) groups excluding carboxylic acids is 1. The maximum atomic E-state index is 12.0. The van der Waals surface area contributed by atoms with Gasteiger partial charge in [0.15, 0.2) is 0 Å². The van der Waals surface area contributed by atoms with Crippen molar-refractivity contribution in [3.8, 4) is 5.75 Å². The minimum atomic E-state index is -0.551. The summed E-state index contributed by atoms with van der Waals surface area (Å²) in [5.74, 6) is -0.136. The molecule has 1 heterocycles. The predicted molar refractivity (Wildman–Crippen MR) is 61.6 cm³/mol. The lowest BCUT2D eigenvalue weighted by atomic mass is 10.1. The Kier molecular flexibility index (Phi) is 3.15. The van der Waals surface area contributed by atoms with Crippen LogP contribution in [0.2, 0.25) is 0 Å². The van der Waals surface area contributed by atoms with Gasteiger partial charge in [-0.15, -0.1) is 0 Å². The Morgan fingerprint density at radius 1 is 1.56 bits per heavy atom. The smallest absolute Gasteiger partial charge is 0.273 e. The van der Waals surface area contributed by atoms with Crippen molar-refractivity contribution in [2.45, 2.75) is 6.10 Å². The SMILES string of the molecule is COc1cc([N+](=O)[O-])ccc1C(=O)N1CC(O)C1. The molecule has 1 aliphatic heterocycles. The number of β-amino-alcohol motifs (C(OH)–C–C–N with tert-alkyl or cyclic N) is 1. The number of carbonyl (C=O) groups is 1. The second-order valence-corrected chi connectivity index (χ2v) is 4.01. The molecule has 0 atom stereocenters. The molecule has 1 amide bonds. The van der Waals surface area contributed by atoms with Crippen LogP contribution in [0.3, 0.4) is 0 Å². The number of rotatable bonds is 3. The van der Waals surface area contributed by atoms with Gasteiger partial charge in [0.1, 0.15) is 5.75 Å². The van der Waals surface area contributed by atoms with Crippen LogP contribution >= 0.6 is 0 Å². The summed E-state index contributed by atoms with van der Waals surface area (Å²) < 4.78 is 4.99. The van der Waals surface area contributed by atoms with Crippen LogP contribution in [0.4, 0.5) is 5.69 Å². The molecule has 1 N–H and O–H groups in total. The van der Waals surface area contributed by atoms with Gasteiger partial charge in [0.05, 0.1) is 29.8 Å². The van der Waals surface area contributed by atoms with Crippen molar-refractivity contribution >= 4 is 11.6 Å². The van der Waals surface area contributed by atoms with E-state index in [-0.39, 0.29) is 36.0 Å². The quantitative estimate of drug-likeness (QED) is 0.621. The Labute approximate surface area is 103 Å². The van der Waals surface area contributed by atoms with Crippen LogP contribution in [0.5, 0.6) is 5.75 Å². The highest BCUT2D eigenvalue weighted by molar-refractivity contribution is 5.97. The van der Waals surface area contributed by atoms with Gasteiger partial charge in [-0.05, 0) is 6.07 Å². The third kappa shape index (κ3) is 2.12.